The first-order valence-electron chi connectivity index (χ1n) is 6.05. The molecule has 0 bridgehead atoms. The Labute approximate surface area is 119 Å². The molecule has 98 valence electrons. The Bertz CT molecular complexity index is 560. The Hall–Kier alpha value is -1.75. The first kappa shape index (κ1) is 12.3. The number of ether oxygens (including phenoxy) is 2. The highest BCUT2D eigenvalue weighted by atomic mass is 79.9. The standard InChI is InChI=1S/C14H13BrN2O2/c15-10-5-6-14(16-7-10)17-8-11-9-18-12-3-1-2-4-13(12)19-11/h1-7,11H,8-9H2,(H,16,17). The van der Waals surface area contributed by atoms with Crippen molar-refractivity contribution >= 4 is 21.7 Å². The molecule has 1 aromatic heterocycles. The third-order valence-corrected chi connectivity index (χ3v) is 3.27. The molecule has 1 aromatic carbocycles. The first-order valence-corrected chi connectivity index (χ1v) is 6.84. The molecule has 1 aliphatic heterocycles. The summed E-state index contributed by atoms with van der Waals surface area (Å²) in [5.41, 5.74) is 0. The van der Waals surface area contributed by atoms with Crippen LogP contribution in [0.3, 0.4) is 0 Å². The molecule has 5 heteroatoms. The summed E-state index contributed by atoms with van der Waals surface area (Å²) in [6.07, 6.45) is 1.75. The quantitative estimate of drug-likeness (QED) is 0.943. The SMILES string of the molecule is Brc1ccc(NCC2COc3ccccc3O2)nc1. The molecule has 1 unspecified atom stereocenters. The Balaban J connectivity index is 1.59. The van der Waals surface area contributed by atoms with Crippen LogP contribution in [0.4, 0.5) is 5.82 Å². The minimum absolute atomic E-state index is 0.0136. The van der Waals surface area contributed by atoms with Crippen molar-refractivity contribution in [1.82, 2.24) is 4.98 Å². The number of pyridine rings is 1. The van der Waals surface area contributed by atoms with Crippen molar-refractivity contribution in [2.45, 2.75) is 6.10 Å². The van der Waals surface area contributed by atoms with Gasteiger partial charge < -0.3 is 14.8 Å². The number of para-hydroxylation sites is 2. The van der Waals surface area contributed by atoms with Crippen molar-refractivity contribution in [1.29, 1.82) is 0 Å². The summed E-state index contributed by atoms with van der Waals surface area (Å²) in [6.45, 7) is 1.20. The van der Waals surface area contributed by atoms with Crippen LogP contribution >= 0.6 is 15.9 Å². The van der Waals surface area contributed by atoms with Gasteiger partial charge in [0.15, 0.2) is 11.5 Å². The van der Waals surface area contributed by atoms with Gasteiger partial charge in [-0.05, 0) is 40.2 Å². The predicted molar refractivity (Wildman–Crippen MR) is 76.8 cm³/mol. The molecule has 1 N–H and O–H groups in total. The summed E-state index contributed by atoms with van der Waals surface area (Å²) in [6, 6.07) is 11.6. The number of rotatable bonds is 3. The van der Waals surface area contributed by atoms with Crippen LogP contribution in [0, 0.1) is 0 Å². The van der Waals surface area contributed by atoms with Crippen LogP contribution in [0.2, 0.25) is 0 Å². The average molecular weight is 321 g/mol. The largest absolute Gasteiger partial charge is 0.486 e. The lowest BCUT2D eigenvalue weighted by Crippen LogP contribution is -2.35. The molecule has 1 aliphatic rings. The second kappa shape index (κ2) is 5.48. The van der Waals surface area contributed by atoms with E-state index in [-0.39, 0.29) is 6.10 Å². The molecule has 0 saturated carbocycles. The summed E-state index contributed by atoms with van der Waals surface area (Å²) in [7, 11) is 0. The van der Waals surface area contributed by atoms with Crippen molar-refractivity contribution < 1.29 is 9.47 Å². The maximum absolute atomic E-state index is 5.85. The zero-order valence-corrected chi connectivity index (χ0v) is 11.8. The van der Waals surface area contributed by atoms with Crippen molar-refractivity contribution in [3.63, 3.8) is 0 Å². The van der Waals surface area contributed by atoms with Crippen molar-refractivity contribution in [3.05, 3.63) is 47.1 Å². The normalized spacial score (nSPS) is 17.0. The number of fused-ring (bicyclic) bond motifs is 1. The molecule has 0 radical (unpaired) electrons. The topological polar surface area (TPSA) is 43.4 Å². The van der Waals surface area contributed by atoms with Gasteiger partial charge in [0.1, 0.15) is 18.5 Å². The number of halogens is 1. The molecule has 0 saturated heterocycles. The zero-order valence-electron chi connectivity index (χ0n) is 10.2. The predicted octanol–water partition coefficient (Wildman–Crippen LogP) is 3.10. The summed E-state index contributed by atoms with van der Waals surface area (Å²) in [5.74, 6) is 2.43. The monoisotopic (exact) mass is 320 g/mol. The van der Waals surface area contributed by atoms with Crippen LogP contribution in [-0.2, 0) is 0 Å². The van der Waals surface area contributed by atoms with Gasteiger partial charge in [-0.1, -0.05) is 12.1 Å². The Morgan fingerprint density at radius 2 is 2.05 bits per heavy atom. The van der Waals surface area contributed by atoms with Gasteiger partial charge in [0, 0.05) is 10.7 Å². The van der Waals surface area contributed by atoms with Gasteiger partial charge in [0.2, 0.25) is 0 Å². The van der Waals surface area contributed by atoms with E-state index in [1.54, 1.807) is 6.20 Å². The molecule has 2 aromatic rings. The molecule has 0 fully saturated rings. The summed E-state index contributed by atoms with van der Waals surface area (Å²) >= 11 is 3.36. The second-order valence-electron chi connectivity index (χ2n) is 4.24. The van der Waals surface area contributed by atoms with Crippen molar-refractivity contribution in [2.24, 2.45) is 0 Å². The summed E-state index contributed by atoms with van der Waals surface area (Å²) in [5, 5.41) is 3.24. The minimum atomic E-state index is -0.0136. The highest BCUT2D eigenvalue weighted by Crippen LogP contribution is 2.30. The van der Waals surface area contributed by atoms with E-state index in [9.17, 15) is 0 Å². The summed E-state index contributed by atoms with van der Waals surface area (Å²) in [4.78, 5) is 4.25. The van der Waals surface area contributed by atoms with Crippen LogP contribution < -0.4 is 14.8 Å². The van der Waals surface area contributed by atoms with Gasteiger partial charge in [-0.3, -0.25) is 0 Å². The van der Waals surface area contributed by atoms with Gasteiger partial charge in [0.05, 0.1) is 6.54 Å². The molecule has 4 nitrogen and oxygen atoms in total. The molecular weight excluding hydrogens is 308 g/mol. The van der Waals surface area contributed by atoms with Gasteiger partial charge in [-0.2, -0.15) is 0 Å². The van der Waals surface area contributed by atoms with E-state index >= 15 is 0 Å². The fraction of sp³-hybridized carbons (Fsp3) is 0.214. The maximum Gasteiger partial charge on any atom is 0.161 e. The molecule has 19 heavy (non-hydrogen) atoms. The lowest BCUT2D eigenvalue weighted by atomic mass is 10.2. The zero-order chi connectivity index (χ0) is 13.1. The smallest absolute Gasteiger partial charge is 0.161 e. The van der Waals surface area contributed by atoms with Gasteiger partial charge >= 0.3 is 0 Å². The molecule has 0 amide bonds. The number of nitrogens with zero attached hydrogens (tertiary/aromatic N) is 1. The molecular formula is C14H13BrN2O2. The average Bonchev–Trinajstić information content (AvgIpc) is 2.46. The van der Waals surface area contributed by atoms with Gasteiger partial charge in [-0.25, -0.2) is 4.98 Å². The van der Waals surface area contributed by atoms with Crippen LogP contribution in [0.15, 0.2) is 47.1 Å². The van der Waals surface area contributed by atoms with Crippen molar-refractivity contribution in [2.75, 3.05) is 18.5 Å². The number of benzene rings is 1. The fourth-order valence-electron chi connectivity index (χ4n) is 1.86. The number of hydrogen-bond acceptors (Lipinski definition) is 4. The third kappa shape index (κ3) is 2.98. The van der Waals surface area contributed by atoms with Crippen LogP contribution in [0.25, 0.3) is 0 Å². The number of aromatic nitrogens is 1. The highest BCUT2D eigenvalue weighted by Gasteiger charge is 2.20. The van der Waals surface area contributed by atoms with E-state index in [2.05, 4.69) is 26.2 Å². The number of nitrogens with one attached hydrogen (secondary N) is 1. The Kier molecular flexibility index (Phi) is 3.55. The van der Waals surface area contributed by atoms with E-state index in [1.807, 2.05) is 36.4 Å². The van der Waals surface area contributed by atoms with Crippen molar-refractivity contribution in [3.8, 4) is 11.5 Å². The minimum Gasteiger partial charge on any atom is -0.486 e. The molecule has 0 aliphatic carbocycles. The molecule has 0 spiro atoms. The van der Waals surface area contributed by atoms with E-state index in [0.717, 1.165) is 21.8 Å². The third-order valence-electron chi connectivity index (χ3n) is 2.81. The molecule has 1 atom stereocenters. The lowest BCUT2D eigenvalue weighted by Gasteiger charge is -2.26. The van der Waals surface area contributed by atoms with E-state index in [4.69, 9.17) is 9.47 Å². The first-order chi connectivity index (χ1) is 9.31. The molecule has 3 rings (SSSR count). The molecule has 2 heterocycles. The Morgan fingerprint density at radius 3 is 2.84 bits per heavy atom. The Morgan fingerprint density at radius 1 is 1.21 bits per heavy atom. The van der Waals surface area contributed by atoms with E-state index in [0.29, 0.717) is 13.2 Å². The van der Waals surface area contributed by atoms with E-state index in [1.165, 1.54) is 0 Å². The number of anilines is 1. The highest BCUT2D eigenvalue weighted by molar-refractivity contribution is 9.10. The maximum atomic E-state index is 5.85. The fourth-order valence-corrected chi connectivity index (χ4v) is 2.10. The summed E-state index contributed by atoms with van der Waals surface area (Å²) < 4.78 is 12.5. The van der Waals surface area contributed by atoms with Crippen LogP contribution in [0.1, 0.15) is 0 Å². The van der Waals surface area contributed by atoms with Gasteiger partial charge in [0.25, 0.3) is 0 Å². The lowest BCUT2D eigenvalue weighted by molar-refractivity contribution is 0.0997. The second-order valence-corrected chi connectivity index (χ2v) is 5.16. The van der Waals surface area contributed by atoms with Crippen LogP contribution in [-0.4, -0.2) is 24.2 Å². The van der Waals surface area contributed by atoms with Crippen LogP contribution in [0.5, 0.6) is 11.5 Å². The van der Waals surface area contributed by atoms with E-state index < -0.39 is 0 Å². The number of hydrogen-bond donors (Lipinski definition) is 1. The van der Waals surface area contributed by atoms with Gasteiger partial charge in [-0.15, -0.1) is 0 Å².